The molecule has 0 saturated heterocycles. The molecule has 0 heterocycles. The Morgan fingerprint density at radius 3 is 2.60 bits per heavy atom. The summed E-state index contributed by atoms with van der Waals surface area (Å²) in [6, 6.07) is 1.66. The zero-order valence-corrected chi connectivity index (χ0v) is 12.4. The fourth-order valence-electron chi connectivity index (χ4n) is 2.53. The first kappa shape index (κ1) is 15.4. The second-order valence-electron chi connectivity index (χ2n) is 5.00. The normalized spacial score (nSPS) is 22.6. The predicted octanol–water partition coefficient (Wildman–Crippen LogP) is 3.79. The third kappa shape index (κ3) is 3.16. The molecular weight excluding hydrogens is 335 g/mol. The topological polar surface area (TPSA) is 29.1 Å². The van der Waals surface area contributed by atoms with E-state index in [0.717, 1.165) is 43.1 Å². The average Bonchev–Trinajstić information content (AvgIpc) is 2.45. The Morgan fingerprint density at radius 1 is 1.20 bits per heavy atom. The molecule has 0 radical (unpaired) electrons. The van der Waals surface area contributed by atoms with Crippen molar-refractivity contribution in [1.82, 2.24) is 5.32 Å². The molecule has 1 fully saturated rings. The maximum Gasteiger partial charge on any atom is 0.254 e. The number of rotatable bonds is 3. The van der Waals surface area contributed by atoms with Gasteiger partial charge in [-0.25, -0.2) is 13.2 Å². The number of hydrogen-bond acceptors (Lipinski definition) is 1. The SMILES string of the molecule is O=C(NC1CCCCC1CBr)c1ccc(F)c(F)c1F. The first-order chi connectivity index (χ1) is 9.54. The number of amides is 1. The molecule has 2 nitrogen and oxygen atoms in total. The van der Waals surface area contributed by atoms with Crippen LogP contribution in [-0.4, -0.2) is 17.3 Å². The van der Waals surface area contributed by atoms with Gasteiger partial charge < -0.3 is 5.32 Å². The molecule has 1 aromatic rings. The van der Waals surface area contributed by atoms with Crippen LogP contribution in [0.5, 0.6) is 0 Å². The van der Waals surface area contributed by atoms with E-state index < -0.39 is 28.9 Å². The third-order valence-electron chi connectivity index (χ3n) is 3.70. The van der Waals surface area contributed by atoms with E-state index in [9.17, 15) is 18.0 Å². The molecule has 6 heteroatoms. The summed E-state index contributed by atoms with van der Waals surface area (Å²) < 4.78 is 39.5. The van der Waals surface area contributed by atoms with Crippen molar-refractivity contribution in [3.63, 3.8) is 0 Å². The summed E-state index contributed by atoms with van der Waals surface area (Å²) in [4.78, 5) is 12.0. The number of carbonyl (C=O) groups is 1. The molecule has 1 saturated carbocycles. The third-order valence-corrected chi connectivity index (χ3v) is 4.54. The molecule has 1 aliphatic rings. The molecule has 2 unspecified atom stereocenters. The van der Waals surface area contributed by atoms with Crippen LogP contribution in [-0.2, 0) is 0 Å². The summed E-state index contributed by atoms with van der Waals surface area (Å²) >= 11 is 3.40. The summed E-state index contributed by atoms with van der Waals surface area (Å²) in [5.41, 5.74) is -0.456. The lowest BCUT2D eigenvalue weighted by molar-refractivity contribution is 0.0906. The Labute approximate surface area is 123 Å². The maximum absolute atomic E-state index is 13.6. The number of hydrogen-bond donors (Lipinski definition) is 1. The van der Waals surface area contributed by atoms with Crippen molar-refractivity contribution in [1.29, 1.82) is 0 Å². The minimum Gasteiger partial charge on any atom is -0.349 e. The fourth-order valence-corrected chi connectivity index (χ4v) is 3.30. The first-order valence-electron chi connectivity index (χ1n) is 6.55. The molecule has 1 amide bonds. The number of benzene rings is 1. The Bertz CT molecular complexity index is 509. The van der Waals surface area contributed by atoms with Gasteiger partial charge in [0.25, 0.3) is 5.91 Å². The van der Waals surface area contributed by atoms with Crippen LogP contribution in [0.4, 0.5) is 13.2 Å². The van der Waals surface area contributed by atoms with E-state index in [2.05, 4.69) is 21.2 Å². The highest BCUT2D eigenvalue weighted by atomic mass is 79.9. The van der Waals surface area contributed by atoms with Crippen LogP contribution in [0.15, 0.2) is 12.1 Å². The minimum absolute atomic E-state index is 0.0665. The van der Waals surface area contributed by atoms with E-state index in [1.54, 1.807) is 0 Å². The van der Waals surface area contributed by atoms with E-state index >= 15 is 0 Å². The van der Waals surface area contributed by atoms with Gasteiger partial charge in [0.15, 0.2) is 17.5 Å². The lowest BCUT2D eigenvalue weighted by Crippen LogP contribution is -2.43. The molecule has 0 spiro atoms. The number of nitrogens with one attached hydrogen (secondary N) is 1. The molecule has 2 rings (SSSR count). The van der Waals surface area contributed by atoms with Crippen LogP contribution < -0.4 is 5.32 Å². The van der Waals surface area contributed by atoms with Crippen LogP contribution in [0.1, 0.15) is 36.0 Å². The summed E-state index contributed by atoms with van der Waals surface area (Å²) in [5.74, 6) is -4.76. The van der Waals surface area contributed by atoms with Gasteiger partial charge >= 0.3 is 0 Å². The summed E-state index contributed by atoms with van der Waals surface area (Å²) in [7, 11) is 0. The highest BCUT2D eigenvalue weighted by molar-refractivity contribution is 9.09. The zero-order valence-electron chi connectivity index (χ0n) is 10.8. The van der Waals surface area contributed by atoms with Crippen LogP contribution >= 0.6 is 15.9 Å². The zero-order chi connectivity index (χ0) is 14.7. The standard InChI is InChI=1S/C14H15BrF3NO/c15-7-8-3-1-2-4-11(8)19-14(20)9-5-6-10(16)13(18)12(9)17/h5-6,8,11H,1-4,7H2,(H,19,20). The smallest absolute Gasteiger partial charge is 0.254 e. The summed E-state index contributed by atoms with van der Waals surface area (Å²) in [6.07, 6.45) is 3.89. The second-order valence-corrected chi connectivity index (χ2v) is 5.65. The quantitative estimate of drug-likeness (QED) is 0.652. The monoisotopic (exact) mass is 349 g/mol. The van der Waals surface area contributed by atoms with Crippen molar-refractivity contribution in [3.8, 4) is 0 Å². The van der Waals surface area contributed by atoms with Gasteiger partial charge in [0.2, 0.25) is 0 Å². The molecule has 110 valence electrons. The van der Waals surface area contributed by atoms with Gasteiger partial charge in [-0.2, -0.15) is 0 Å². The molecule has 0 aromatic heterocycles. The fraction of sp³-hybridized carbons (Fsp3) is 0.500. The van der Waals surface area contributed by atoms with Crippen molar-refractivity contribution < 1.29 is 18.0 Å². The Balaban J connectivity index is 2.14. The average molecular weight is 350 g/mol. The van der Waals surface area contributed by atoms with Crippen LogP contribution in [0.25, 0.3) is 0 Å². The van der Waals surface area contributed by atoms with Crippen LogP contribution in [0.2, 0.25) is 0 Å². The number of carbonyl (C=O) groups excluding carboxylic acids is 1. The van der Waals surface area contributed by atoms with Gasteiger partial charge in [-0.1, -0.05) is 28.8 Å². The van der Waals surface area contributed by atoms with E-state index in [1.165, 1.54) is 0 Å². The number of halogens is 4. The molecule has 20 heavy (non-hydrogen) atoms. The van der Waals surface area contributed by atoms with E-state index in [4.69, 9.17) is 0 Å². The minimum atomic E-state index is -1.61. The van der Waals surface area contributed by atoms with Gasteiger partial charge in [-0.05, 0) is 30.9 Å². The van der Waals surface area contributed by atoms with Crippen molar-refractivity contribution in [2.75, 3.05) is 5.33 Å². The van der Waals surface area contributed by atoms with Gasteiger partial charge in [-0.3, -0.25) is 4.79 Å². The lowest BCUT2D eigenvalue weighted by atomic mass is 9.86. The molecule has 1 aliphatic carbocycles. The Morgan fingerprint density at radius 2 is 1.90 bits per heavy atom. The lowest BCUT2D eigenvalue weighted by Gasteiger charge is -2.31. The van der Waals surface area contributed by atoms with E-state index in [0.29, 0.717) is 0 Å². The van der Waals surface area contributed by atoms with Gasteiger partial charge in [-0.15, -0.1) is 0 Å². The van der Waals surface area contributed by atoms with E-state index in [1.807, 2.05) is 0 Å². The molecule has 2 atom stereocenters. The van der Waals surface area contributed by atoms with Crippen molar-refractivity contribution in [3.05, 3.63) is 35.1 Å². The van der Waals surface area contributed by atoms with Crippen molar-refractivity contribution in [2.24, 2.45) is 5.92 Å². The van der Waals surface area contributed by atoms with Crippen LogP contribution in [0.3, 0.4) is 0 Å². The summed E-state index contributed by atoms with van der Waals surface area (Å²) in [5, 5.41) is 3.47. The Kier molecular flexibility index (Phi) is 5.07. The highest BCUT2D eigenvalue weighted by Gasteiger charge is 2.27. The Hall–Kier alpha value is -1.04. The molecular formula is C14H15BrF3NO. The maximum atomic E-state index is 13.6. The number of alkyl halides is 1. The van der Waals surface area contributed by atoms with Crippen LogP contribution in [0, 0.1) is 23.4 Å². The van der Waals surface area contributed by atoms with Gasteiger partial charge in [0, 0.05) is 11.4 Å². The molecule has 0 bridgehead atoms. The van der Waals surface area contributed by atoms with Crippen molar-refractivity contribution in [2.45, 2.75) is 31.7 Å². The predicted molar refractivity (Wildman–Crippen MR) is 73.3 cm³/mol. The molecule has 1 N–H and O–H groups in total. The van der Waals surface area contributed by atoms with Gasteiger partial charge in [0.1, 0.15) is 0 Å². The molecule has 1 aromatic carbocycles. The molecule has 0 aliphatic heterocycles. The second kappa shape index (κ2) is 6.61. The first-order valence-corrected chi connectivity index (χ1v) is 7.67. The highest BCUT2D eigenvalue weighted by Crippen LogP contribution is 2.26. The summed E-state index contributed by atoms with van der Waals surface area (Å²) in [6.45, 7) is 0. The largest absolute Gasteiger partial charge is 0.349 e. The van der Waals surface area contributed by atoms with Crippen molar-refractivity contribution >= 4 is 21.8 Å². The van der Waals surface area contributed by atoms with E-state index in [-0.39, 0.29) is 12.0 Å². The van der Waals surface area contributed by atoms with Gasteiger partial charge in [0.05, 0.1) is 5.56 Å².